The van der Waals surface area contributed by atoms with Crippen LogP contribution in [-0.2, 0) is 16.0 Å². The lowest BCUT2D eigenvalue weighted by molar-refractivity contribution is -0.192. The summed E-state index contributed by atoms with van der Waals surface area (Å²) in [5.74, 6) is -2.29. The molecule has 248 valence electrons. The maximum absolute atomic E-state index is 11.9. The van der Waals surface area contributed by atoms with Crippen molar-refractivity contribution >= 4 is 57.8 Å². The van der Waals surface area contributed by atoms with Gasteiger partial charge in [-0.05, 0) is 77.2 Å². The Kier molecular flexibility index (Phi) is 15.1. The number of thiol groups is 1. The average Bonchev–Trinajstić information content (AvgIpc) is 3.07. The number of amides is 1. The molecule has 5 aromatic rings. The van der Waals surface area contributed by atoms with Crippen LogP contribution in [0.2, 0.25) is 0 Å². The highest BCUT2D eigenvalue weighted by molar-refractivity contribution is 7.99. The molecule has 0 aromatic heterocycles. The van der Waals surface area contributed by atoms with Gasteiger partial charge >= 0.3 is 12.1 Å². The van der Waals surface area contributed by atoms with Gasteiger partial charge in [0.1, 0.15) is 0 Å². The molecule has 0 fully saturated rings. The number of carbonyl (C=O) groups is 2. The number of aliphatic carboxylic acids is 1. The van der Waals surface area contributed by atoms with E-state index < -0.39 is 18.2 Å². The molecule has 11 heteroatoms. The van der Waals surface area contributed by atoms with Crippen LogP contribution in [0.1, 0.15) is 18.4 Å². The van der Waals surface area contributed by atoms with Crippen molar-refractivity contribution in [1.29, 1.82) is 0 Å². The van der Waals surface area contributed by atoms with E-state index in [0.29, 0.717) is 18.7 Å². The second-order valence-electron chi connectivity index (χ2n) is 10.5. The Hall–Kier alpha value is -4.03. The smallest absolute Gasteiger partial charge is 0.475 e. The van der Waals surface area contributed by atoms with E-state index in [1.807, 2.05) is 42.1 Å². The topological polar surface area (TPSA) is 118 Å². The number of benzene rings is 5. The number of hydrogen-bond acceptors (Lipinski definition) is 6. The van der Waals surface area contributed by atoms with Crippen LogP contribution in [0.4, 0.5) is 13.2 Å². The van der Waals surface area contributed by atoms with E-state index in [-0.39, 0.29) is 11.9 Å². The van der Waals surface area contributed by atoms with Crippen LogP contribution in [0.15, 0.2) is 125 Å². The summed E-state index contributed by atoms with van der Waals surface area (Å²) in [5.41, 5.74) is 12.4. The third-order valence-corrected chi connectivity index (χ3v) is 8.29. The third kappa shape index (κ3) is 12.9. The molecular weight excluding hydrogens is 644 g/mol. The van der Waals surface area contributed by atoms with E-state index in [1.54, 1.807) is 0 Å². The number of halogens is 3. The summed E-state index contributed by atoms with van der Waals surface area (Å²) in [7, 11) is 0. The predicted molar refractivity (Wildman–Crippen MR) is 188 cm³/mol. The van der Waals surface area contributed by atoms with Crippen molar-refractivity contribution in [3.63, 3.8) is 0 Å². The molecule has 0 spiro atoms. The Balaban J connectivity index is 0.000000215. The van der Waals surface area contributed by atoms with E-state index in [4.69, 9.17) is 21.4 Å². The van der Waals surface area contributed by atoms with Gasteiger partial charge in [-0.1, -0.05) is 103 Å². The summed E-state index contributed by atoms with van der Waals surface area (Å²) < 4.78 is 31.7. The van der Waals surface area contributed by atoms with Gasteiger partial charge < -0.3 is 21.9 Å². The van der Waals surface area contributed by atoms with Gasteiger partial charge in [0.2, 0.25) is 5.91 Å². The minimum absolute atomic E-state index is 0.00200. The van der Waals surface area contributed by atoms with Crippen molar-refractivity contribution in [2.75, 3.05) is 12.3 Å². The summed E-state index contributed by atoms with van der Waals surface area (Å²) in [6.45, 7) is 0.557. The lowest BCUT2D eigenvalue weighted by Gasteiger charge is -2.19. The maximum atomic E-state index is 11.9. The molecule has 5 aromatic carbocycles. The predicted octanol–water partition coefficient (Wildman–Crippen LogP) is 7.49. The summed E-state index contributed by atoms with van der Waals surface area (Å²) in [5, 5.41) is 15.2. The number of carboxylic acid groups (broad SMARTS) is 1. The van der Waals surface area contributed by atoms with Crippen LogP contribution in [-0.4, -0.2) is 47.5 Å². The third-order valence-electron chi connectivity index (χ3n) is 6.87. The van der Waals surface area contributed by atoms with Crippen LogP contribution in [0.5, 0.6) is 0 Å². The fourth-order valence-electron chi connectivity index (χ4n) is 4.43. The monoisotopic (exact) mass is 681 g/mol. The highest BCUT2D eigenvalue weighted by Crippen LogP contribution is 2.32. The molecule has 0 radical (unpaired) electrons. The lowest BCUT2D eigenvalue weighted by atomic mass is 10.1. The van der Waals surface area contributed by atoms with Crippen LogP contribution in [0.3, 0.4) is 0 Å². The number of carboxylic acids is 1. The zero-order valence-corrected chi connectivity index (χ0v) is 27.3. The Morgan fingerprint density at radius 3 is 1.70 bits per heavy atom. The second-order valence-corrected chi connectivity index (χ2v) is 12.1. The molecule has 47 heavy (non-hydrogen) atoms. The molecule has 0 unspecified atom stereocenters. The first kappa shape index (κ1) is 37.4. The van der Waals surface area contributed by atoms with Gasteiger partial charge in [-0.15, -0.1) is 0 Å². The summed E-state index contributed by atoms with van der Waals surface area (Å²) in [4.78, 5) is 23.4. The zero-order chi connectivity index (χ0) is 34.2. The molecule has 5 rings (SSSR count). The maximum Gasteiger partial charge on any atom is 0.490 e. The molecular formula is C36H38F3N3O3S2. The van der Waals surface area contributed by atoms with Crippen LogP contribution >= 0.6 is 24.4 Å². The number of nitrogens with one attached hydrogen (secondary N) is 1. The van der Waals surface area contributed by atoms with Crippen molar-refractivity contribution < 1.29 is 27.9 Å². The number of fused-ring (bicyclic) bond motifs is 2. The van der Waals surface area contributed by atoms with Crippen molar-refractivity contribution in [3.05, 3.63) is 121 Å². The minimum Gasteiger partial charge on any atom is -0.475 e. The quantitative estimate of drug-likeness (QED) is 0.0976. The van der Waals surface area contributed by atoms with Crippen molar-refractivity contribution in [3.8, 4) is 0 Å². The van der Waals surface area contributed by atoms with Crippen LogP contribution in [0, 0.1) is 0 Å². The fourth-order valence-corrected chi connectivity index (χ4v) is 5.57. The van der Waals surface area contributed by atoms with Crippen molar-refractivity contribution in [2.24, 2.45) is 11.5 Å². The van der Waals surface area contributed by atoms with Crippen molar-refractivity contribution in [1.82, 2.24) is 5.32 Å². The van der Waals surface area contributed by atoms with E-state index in [9.17, 15) is 18.0 Å². The molecule has 1 amide bonds. The average molecular weight is 682 g/mol. The minimum atomic E-state index is -5.08. The SMILES string of the molecule is NCCC[C@@H](N)C(=O)N[C@@H](CS)Cc1ccccc1.O=C(O)C(F)(F)F.c1ccc2cc(Sc3ccc4ccccc4c3)ccc2c1. The first-order valence-electron chi connectivity index (χ1n) is 14.9. The summed E-state index contributed by atoms with van der Waals surface area (Å²) >= 11 is 6.10. The van der Waals surface area contributed by atoms with Gasteiger partial charge in [-0.25, -0.2) is 4.79 Å². The number of carbonyl (C=O) groups excluding carboxylic acids is 1. The molecule has 6 nitrogen and oxygen atoms in total. The first-order chi connectivity index (χ1) is 22.5. The van der Waals surface area contributed by atoms with Gasteiger partial charge in [0.25, 0.3) is 0 Å². The zero-order valence-electron chi connectivity index (χ0n) is 25.6. The lowest BCUT2D eigenvalue weighted by Crippen LogP contribution is -2.47. The second kappa shape index (κ2) is 19.0. The standard InChI is InChI=1S/C20H14S.C14H23N3OS.C2HF3O2/c1-3-7-17-13-19(11-9-15(17)5-1)21-20-12-10-16-6-2-4-8-18(16)14-20;15-8-4-7-13(16)14(18)17-12(10-19)9-11-5-2-1-3-6-11;3-2(4,5)1(6)7/h1-14H;1-3,5-6,12-13,19H,4,7-10,15-16H2,(H,17,18);(H,6,7)/t;12-,13-;/m.1./s1. The summed E-state index contributed by atoms with van der Waals surface area (Å²) in [6.07, 6.45) is -2.94. The largest absolute Gasteiger partial charge is 0.490 e. The molecule has 6 N–H and O–H groups in total. The molecule has 0 bridgehead atoms. The normalized spacial score (nSPS) is 12.2. The van der Waals surface area contributed by atoms with Crippen LogP contribution in [0.25, 0.3) is 21.5 Å². The Morgan fingerprint density at radius 2 is 1.26 bits per heavy atom. The summed E-state index contributed by atoms with van der Waals surface area (Å²) in [6, 6.07) is 39.8. The highest BCUT2D eigenvalue weighted by atomic mass is 32.2. The first-order valence-corrected chi connectivity index (χ1v) is 16.3. The molecule has 0 aliphatic carbocycles. The number of nitrogens with two attached hydrogens (primary N) is 2. The molecule has 0 aliphatic rings. The fraction of sp³-hybridized carbons (Fsp3) is 0.222. The molecule has 0 saturated carbocycles. The molecule has 0 heterocycles. The molecule has 0 saturated heterocycles. The highest BCUT2D eigenvalue weighted by Gasteiger charge is 2.38. The van der Waals surface area contributed by atoms with E-state index in [2.05, 4.69) is 103 Å². The van der Waals surface area contributed by atoms with Gasteiger partial charge in [-0.2, -0.15) is 25.8 Å². The Morgan fingerprint density at radius 1 is 0.787 bits per heavy atom. The number of rotatable bonds is 10. The van der Waals surface area contributed by atoms with E-state index in [0.717, 1.165) is 12.8 Å². The van der Waals surface area contributed by atoms with E-state index in [1.165, 1.54) is 36.9 Å². The van der Waals surface area contributed by atoms with Crippen molar-refractivity contribution in [2.45, 2.75) is 47.3 Å². The molecule has 2 atom stereocenters. The Labute approximate surface area is 282 Å². The van der Waals surface area contributed by atoms with Gasteiger partial charge in [0.05, 0.1) is 6.04 Å². The van der Waals surface area contributed by atoms with E-state index >= 15 is 0 Å². The van der Waals surface area contributed by atoms with Crippen LogP contribution < -0.4 is 16.8 Å². The van der Waals surface area contributed by atoms with Gasteiger partial charge in [-0.3, -0.25) is 4.79 Å². The van der Waals surface area contributed by atoms with Gasteiger partial charge in [0.15, 0.2) is 0 Å². The van der Waals surface area contributed by atoms with Gasteiger partial charge in [0, 0.05) is 21.6 Å². The number of hydrogen-bond donors (Lipinski definition) is 5. The number of alkyl halides is 3. The Bertz CT molecular complexity index is 1640. The molecule has 0 aliphatic heterocycles.